The Kier molecular flexibility index (Phi) is 4.66. The topological polar surface area (TPSA) is 76.5 Å². The number of carboxylic acids is 1. The second-order valence-electron chi connectivity index (χ2n) is 6.07. The first-order valence-electron chi connectivity index (χ1n) is 7.99. The van der Waals surface area contributed by atoms with Crippen LogP contribution in [0.15, 0.2) is 23.6 Å². The summed E-state index contributed by atoms with van der Waals surface area (Å²) in [5.74, 6) is -0.417. The molecule has 0 spiro atoms. The number of aliphatic carboxylic acids is 1. The fourth-order valence-corrected chi connectivity index (χ4v) is 3.93. The predicted octanol–water partition coefficient (Wildman–Crippen LogP) is 4.10. The van der Waals surface area contributed by atoms with Crippen molar-refractivity contribution in [3.63, 3.8) is 0 Å². The summed E-state index contributed by atoms with van der Waals surface area (Å²) in [5, 5.41) is 11.5. The van der Waals surface area contributed by atoms with Crippen molar-refractivity contribution in [3.8, 4) is 16.3 Å². The minimum Gasteiger partial charge on any atom is -0.478 e. The molecule has 1 aliphatic rings. The molecule has 24 heavy (non-hydrogen) atoms. The standard InChI is InChI=1S/C18H19NO4S/c1-12-15(23-18(17(21)22)8-3-2-4-9-18)6-5-14(19-12)16-13(11-20)7-10-24-16/h5-7,10-11H,2-4,8-9H2,1H3,(H,21,22). The van der Waals surface area contributed by atoms with E-state index in [4.69, 9.17) is 4.74 Å². The van der Waals surface area contributed by atoms with Crippen molar-refractivity contribution in [1.82, 2.24) is 4.98 Å². The first-order chi connectivity index (χ1) is 11.6. The Labute approximate surface area is 144 Å². The molecule has 1 aliphatic carbocycles. The Morgan fingerprint density at radius 1 is 1.29 bits per heavy atom. The van der Waals surface area contributed by atoms with Crippen molar-refractivity contribution in [2.75, 3.05) is 0 Å². The summed E-state index contributed by atoms with van der Waals surface area (Å²) in [7, 11) is 0. The van der Waals surface area contributed by atoms with E-state index in [0.29, 0.717) is 35.5 Å². The number of carbonyl (C=O) groups excluding carboxylic acids is 1. The van der Waals surface area contributed by atoms with Crippen LogP contribution in [0.25, 0.3) is 10.6 Å². The van der Waals surface area contributed by atoms with Crippen molar-refractivity contribution in [2.24, 2.45) is 0 Å². The fraction of sp³-hybridized carbons (Fsp3) is 0.389. The van der Waals surface area contributed by atoms with E-state index in [1.54, 1.807) is 25.1 Å². The minimum atomic E-state index is -1.15. The smallest absolute Gasteiger partial charge is 0.348 e. The van der Waals surface area contributed by atoms with Crippen molar-refractivity contribution < 1.29 is 19.4 Å². The Hall–Kier alpha value is -2.21. The van der Waals surface area contributed by atoms with Gasteiger partial charge in [0.1, 0.15) is 5.75 Å². The summed E-state index contributed by atoms with van der Waals surface area (Å²) < 4.78 is 5.94. The molecule has 1 fully saturated rings. The molecule has 3 rings (SSSR count). The van der Waals surface area contributed by atoms with Gasteiger partial charge in [0.05, 0.1) is 16.3 Å². The largest absolute Gasteiger partial charge is 0.478 e. The first kappa shape index (κ1) is 16.6. The number of thiophene rings is 1. The number of pyridine rings is 1. The van der Waals surface area contributed by atoms with Gasteiger partial charge in [-0.25, -0.2) is 9.78 Å². The highest BCUT2D eigenvalue weighted by Gasteiger charge is 2.42. The third-order valence-corrected chi connectivity index (χ3v) is 5.40. The van der Waals surface area contributed by atoms with Gasteiger partial charge in [-0.3, -0.25) is 4.79 Å². The van der Waals surface area contributed by atoms with Gasteiger partial charge in [0.15, 0.2) is 6.29 Å². The number of carbonyl (C=O) groups is 2. The summed E-state index contributed by atoms with van der Waals surface area (Å²) in [6, 6.07) is 5.29. The van der Waals surface area contributed by atoms with E-state index < -0.39 is 11.6 Å². The van der Waals surface area contributed by atoms with Crippen molar-refractivity contribution in [3.05, 3.63) is 34.8 Å². The van der Waals surface area contributed by atoms with Gasteiger partial charge in [0.2, 0.25) is 5.60 Å². The highest BCUT2D eigenvalue weighted by molar-refractivity contribution is 7.13. The number of hydrogen-bond acceptors (Lipinski definition) is 5. The van der Waals surface area contributed by atoms with Crippen LogP contribution in [-0.4, -0.2) is 27.9 Å². The molecular weight excluding hydrogens is 326 g/mol. The number of aryl methyl sites for hydroxylation is 1. The van der Waals surface area contributed by atoms with Crippen molar-refractivity contribution in [2.45, 2.75) is 44.6 Å². The molecule has 1 N–H and O–H groups in total. The zero-order chi connectivity index (χ0) is 17.2. The molecule has 0 bridgehead atoms. The molecule has 2 heterocycles. The van der Waals surface area contributed by atoms with Gasteiger partial charge in [-0.1, -0.05) is 6.42 Å². The maximum atomic E-state index is 11.7. The Morgan fingerprint density at radius 3 is 2.67 bits per heavy atom. The average Bonchev–Trinajstić information content (AvgIpc) is 3.06. The monoisotopic (exact) mass is 345 g/mol. The van der Waals surface area contributed by atoms with E-state index in [9.17, 15) is 14.7 Å². The van der Waals surface area contributed by atoms with Crippen LogP contribution in [0.5, 0.6) is 5.75 Å². The van der Waals surface area contributed by atoms with E-state index in [0.717, 1.165) is 30.4 Å². The predicted molar refractivity (Wildman–Crippen MR) is 91.8 cm³/mol. The number of aromatic nitrogens is 1. The Balaban J connectivity index is 1.90. The summed E-state index contributed by atoms with van der Waals surface area (Å²) in [6.45, 7) is 1.80. The molecule has 126 valence electrons. The number of ether oxygens (including phenoxy) is 1. The van der Waals surface area contributed by atoms with E-state index in [1.807, 2.05) is 5.38 Å². The highest BCUT2D eigenvalue weighted by Crippen LogP contribution is 2.35. The van der Waals surface area contributed by atoms with E-state index in [-0.39, 0.29) is 0 Å². The molecule has 0 radical (unpaired) electrons. The first-order valence-corrected chi connectivity index (χ1v) is 8.87. The zero-order valence-corrected chi connectivity index (χ0v) is 14.3. The lowest BCUT2D eigenvalue weighted by molar-refractivity contribution is -0.158. The fourth-order valence-electron chi connectivity index (χ4n) is 3.10. The molecule has 0 unspecified atom stereocenters. The quantitative estimate of drug-likeness (QED) is 0.826. The molecule has 1 saturated carbocycles. The molecular formula is C18H19NO4S. The van der Waals surface area contributed by atoms with Crippen LogP contribution in [0.1, 0.15) is 48.2 Å². The van der Waals surface area contributed by atoms with Crippen molar-refractivity contribution in [1.29, 1.82) is 0 Å². The highest BCUT2D eigenvalue weighted by atomic mass is 32.1. The maximum absolute atomic E-state index is 11.7. The van der Waals surface area contributed by atoms with Gasteiger partial charge >= 0.3 is 5.97 Å². The maximum Gasteiger partial charge on any atom is 0.348 e. The molecule has 5 nitrogen and oxygen atoms in total. The van der Waals surface area contributed by atoms with Gasteiger partial charge < -0.3 is 9.84 Å². The van der Waals surface area contributed by atoms with Crippen LogP contribution in [-0.2, 0) is 4.79 Å². The van der Waals surface area contributed by atoms with Crippen LogP contribution in [0.4, 0.5) is 0 Å². The van der Waals surface area contributed by atoms with E-state index in [1.165, 1.54) is 11.3 Å². The summed E-state index contributed by atoms with van der Waals surface area (Å²) in [4.78, 5) is 28.2. The SMILES string of the molecule is Cc1nc(-c2sccc2C=O)ccc1OC1(C(=O)O)CCCCC1. The number of carboxylic acid groups (broad SMARTS) is 1. The molecule has 0 aliphatic heterocycles. The number of nitrogens with zero attached hydrogens (tertiary/aromatic N) is 1. The number of aldehydes is 1. The molecule has 6 heteroatoms. The van der Waals surface area contributed by atoms with Crippen molar-refractivity contribution >= 4 is 23.6 Å². The van der Waals surface area contributed by atoms with Gasteiger partial charge in [-0.05, 0) is 56.2 Å². The second-order valence-corrected chi connectivity index (χ2v) is 6.98. The van der Waals surface area contributed by atoms with E-state index in [2.05, 4.69) is 4.98 Å². The normalized spacial score (nSPS) is 16.5. The second kappa shape index (κ2) is 6.73. The summed E-state index contributed by atoms with van der Waals surface area (Å²) >= 11 is 1.45. The van der Waals surface area contributed by atoms with Crippen LogP contribution in [0.2, 0.25) is 0 Å². The van der Waals surface area contributed by atoms with Gasteiger partial charge in [-0.2, -0.15) is 0 Å². The molecule has 0 atom stereocenters. The third-order valence-electron chi connectivity index (χ3n) is 4.45. The minimum absolute atomic E-state index is 0.493. The number of hydrogen-bond donors (Lipinski definition) is 1. The lowest BCUT2D eigenvalue weighted by Gasteiger charge is -2.34. The zero-order valence-electron chi connectivity index (χ0n) is 13.4. The molecule has 0 aromatic carbocycles. The van der Waals surface area contributed by atoms with Gasteiger partial charge in [-0.15, -0.1) is 11.3 Å². The van der Waals surface area contributed by atoms with Crippen LogP contribution in [0.3, 0.4) is 0 Å². The van der Waals surface area contributed by atoms with Crippen LogP contribution in [0, 0.1) is 6.92 Å². The van der Waals surface area contributed by atoms with Crippen LogP contribution >= 0.6 is 11.3 Å². The molecule has 0 saturated heterocycles. The lowest BCUT2D eigenvalue weighted by atomic mass is 9.84. The average molecular weight is 345 g/mol. The Bertz CT molecular complexity index is 762. The molecule has 2 aromatic rings. The van der Waals surface area contributed by atoms with Crippen LogP contribution < -0.4 is 4.74 Å². The summed E-state index contributed by atoms with van der Waals surface area (Å²) in [6.07, 6.45) is 4.60. The molecule has 2 aromatic heterocycles. The van der Waals surface area contributed by atoms with Gasteiger partial charge in [0.25, 0.3) is 0 Å². The number of rotatable bonds is 5. The molecule has 0 amide bonds. The van der Waals surface area contributed by atoms with Gasteiger partial charge in [0, 0.05) is 5.56 Å². The Morgan fingerprint density at radius 2 is 2.04 bits per heavy atom. The summed E-state index contributed by atoms with van der Waals surface area (Å²) in [5.41, 5.74) is 0.784. The van der Waals surface area contributed by atoms with E-state index >= 15 is 0 Å². The third kappa shape index (κ3) is 3.06. The lowest BCUT2D eigenvalue weighted by Crippen LogP contribution is -2.46.